The molecule has 1 heterocycles. The topological polar surface area (TPSA) is 58.6 Å². The second-order valence-electron chi connectivity index (χ2n) is 3.92. The van der Waals surface area contributed by atoms with Crippen LogP contribution in [-0.4, -0.2) is 18.2 Å². The smallest absolute Gasteiger partial charge is 0.331 e. The third-order valence-electron chi connectivity index (χ3n) is 2.58. The van der Waals surface area contributed by atoms with Gasteiger partial charge >= 0.3 is 5.97 Å². The molecule has 0 aliphatic carbocycles. The fourth-order valence-electron chi connectivity index (χ4n) is 1.64. The molecule has 0 saturated carbocycles. The van der Waals surface area contributed by atoms with Crippen LogP contribution in [-0.2, 0) is 4.79 Å². The molecule has 1 aromatic carbocycles. The summed E-state index contributed by atoms with van der Waals surface area (Å²) in [5.74, 6) is -0.317. The lowest BCUT2D eigenvalue weighted by atomic mass is 10.2. The molecule has 0 aliphatic rings. The molecule has 4 nitrogen and oxygen atoms in total. The van der Waals surface area contributed by atoms with Gasteiger partial charge in [0.2, 0.25) is 0 Å². The van der Waals surface area contributed by atoms with Crippen molar-refractivity contribution in [2.45, 2.75) is 6.04 Å². The van der Waals surface area contributed by atoms with Crippen molar-refractivity contribution in [1.82, 2.24) is 0 Å². The maximum absolute atomic E-state index is 11.4. The first-order chi connectivity index (χ1) is 9.51. The predicted molar refractivity (Wildman–Crippen MR) is 84.0 cm³/mol. The van der Waals surface area contributed by atoms with Gasteiger partial charge in [0, 0.05) is 21.1 Å². The average molecular weight is 377 g/mol. The normalized spacial score (nSPS) is 11.9. The van der Waals surface area contributed by atoms with Crippen LogP contribution in [0.2, 0.25) is 4.34 Å². The van der Waals surface area contributed by atoms with Crippen LogP contribution >= 0.6 is 38.9 Å². The number of benzene rings is 1. The third-order valence-corrected chi connectivity index (χ3v) is 5.12. The number of hydrogen-bond donors (Lipinski definition) is 2. The molecule has 2 N–H and O–H groups in total. The van der Waals surface area contributed by atoms with Gasteiger partial charge in [-0.3, -0.25) is 0 Å². The number of rotatable bonds is 5. The maximum Gasteiger partial charge on any atom is 0.331 e. The Hall–Kier alpha value is -1.24. The number of aliphatic carboxylic acids is 1. The Bertz CT molecular complexity index is 612. The first kappa shape index (κ1) is 15.2. The lowest BCUT2D eigenvalue weighted by molar-refractivity contribution is -0.138. The molecule has 0 aliphatic heterocycles. The molecule has 2 rings (SSSR count). The summed E-state index contributed by atoms with van der Waals surface area (Å²) in [6.45, 7) is 0. The van der Waals surface area contributed by atoms with Crippen LogP contribution in [0.1, 0.15) is 10.9 Å². The van der Waals surface area contributed by atoms with Crippen molar-refractivity contribution in [3.63, 3.8) is 0 Å². The molecule has 7 heteroatoms. The summed E-state index contributed by atoms with van der Waals surface area (Å²) < 4.78 is 6.33. The zero-order chi connectivity index (χ0) is 14.7. The summed E-state index contributed by atoms with van der Waals surface area (Å²) in [5, 5.41) is 12.3. The maximum atomic E-state index is 11.4. The summed E-state index contributed by atoms with van der Waals surface area (Å²) in [6, 6.07) is 7.94. The summed E-state index contributed by atoms with van der Waals surface area (Å²) in [6.07, 6.45) is 0. The molecule has 1 atom stereocenters. The van der Waals surface area contributed by atoms with Gasteiger partial charge in [0.05, 0.1) is 7.11 Å². The Kier molecular flexibility index (Phi) is 4.91. The minimum atomic E-state index is -0.974. The molecule has 106 valence electrons. The fourth-order valence-corrected chi connectivity index (χ4v) is 3.42. The van der Waals surface area contributed by atoms with E-state index in [4.69, 9.17) is 16.3 Å². The number of hydrogen-bond acceptors (Lipinski definition) is 4. The number of carboxylic acids is 1. The quantitative estimate of drug-likeness (QED) is 0.811. The van der Waals surface area contributed by atoms with E-state index in [0.29, 0.717) is 25.1 Å². The summed E-state index contributed by atoms with van der Waals surface area (Å²) in [4.78, 5) is 12.1. The zero-order valence-electron chi connectivity index (χ0n) is 10.4. The Morgan fingerprint density at radius 1 is 1.50 bits per heavy atom. The van der Waals surface area contributed by atoms with Gasteiger partial charge in [-0.05, 0) is 34.1 Å². The van der Waals surface area contributed by atoms with Gasteiger partial charge < -0.3 is 15.2 Å². The van der Waals surface area contributed by atoms with E-state index in [1.807, 2.05) is 0 Å². The van der Waals surface area contributed by atoms with E-state index in [-0.39, 0.29) is 0 Å². The highest BCUT2D eigenvalue weighted by atomic mass is 79.9. The molecule has 0 radical (unpaired) electrons. The second kappa shape index (κ2) is 6.47. The SMILES string of the molecule is COc1cccc(NC(C(=O)O)c2cc(Br)c(Cl)s2)c1. The molecule has 0 bridgehead atoms. The largest absolute Gasteiger partial charge is 0.497 e. The van der Waals surface area contributed by atoms with E-state index in [0.717, 1.165) is 0 Å². The molecule has 1 unspecified atom stereocenters. The summed E-state index contributed by atoms with van der Waals surface area (Å²) >= 11 is 10.5. The number of ether oxygens (including phenoxy) is 1. The summed E-state index contributed by atoms with van der Waals surface area (Å²) in [5.41, 5.74) is 0.664. The van der Waals surface area contributed by atoms with Crippen LogP contribution in [0.5, 0.6) is 5.75 Å². The third kappa shape index (κ3) is 3.45. The van der Waals surface area contributed by atoms with Crippen molar-refractivity contribution in [3.8, 4) is 5.75 Å². The Morgan fingerprint density at radius 2 is 2.25 bits per heavy atom. The van der Waals surface area contributed by atoms with Gasteiger partial charge in [-0.25, -0.2) is 4.79 Å². The van der Waals surface area contributed by atoms with Crippen molar-refractivity contribution >= 4 is 50.5 Å². The lowest BCUT2D eigenvalue weighted by Gasteiger charge is -2.14. The van der Waals surface area contributed by atoms with Crippen LogP contribution in [0.3, 0.4) is 0 Å². The van der Waals surface area contributed by atoms with Crippen LogP contribution in [0.25, 0.3) is 0 Å². The van der Waals surface area contributed by atoms with E-state index >= 15 is 0 Å². The first-order valence-corrected chi connectivity index (χ1v) is 7.58. The summed E-state index contributed by atoms with van der Waals surface area (Å²) in [7, 11) is 1.56. The van der Waals surface area contributed by atoms with Crippen molar-refractivity contribution in [3.05, 3.63) is 44.0 Å². The number of methoxy groups -OCH3 is 1. The number of nitrogens with one attached hydrogen (secondary N) is 1. The van der Waals surface area contributed by atoms with Gasteiger partial charge in [0.25, 0.3) is 0 Å². The number of carboxylic acid groups (broad SMARTS) is 1. The Labute approximate surface area is 133 Å². The monoisotopic (exact) mass is 375 g/mol. The molecule has 0 saturated heterocycles. The highest BCUT2D eigenvalue weighted by molar-refractivity contribution is 9.10. The molecule has 0 amide bonds. The van der Waals surface area contributed by atoms with Gasteiger partial charge in [0.15, 0.2) is 6.04 Å². The molecule has 2 aromatic rings. The molecule has 20 heavy (non-hydrogen) atoms. The van der Waals surface area contributed by atoms with E-state index in [9.17, 15) is 9.90 Å². The zero-order valence-corrected chi connectivity index (χ0v) is 13.6. The first-order valence-electron chi connectivity index (χ1n) is 5.59. The minimum absolute atomic E-state index is 0.527. The minimum Gasteiger partial charge on any atom is -0.497 e. The molecular weight excluding hydrogens is 366 g/mol. The predicted octanol–water partition coefficient (Wildman–Crippen LogP) is 4.41. The van der Waals surface area contributed by atoms with Gasteiger partial charge in [-0.2, -0.15) is 0 Å². The van der Waals surface area contributed by atoms with Crippen LogP contribution < -0.4 is 10.1 Å². The Balaban J connectivity index is 2.27. The van der Waals surface area contributed by atoms with Gasteiger partial charge in [0.1, 0.15) is 10.1 Å². The number of thiophene rings is 1. The second-order valence-corrected chi connectivity index (χ2v) is 6.46. The lowest BCUT2D eigenvalue weighted by Crippen LogP contribution is -2.19. The Morgan fingerprint density at radius 3 is 2.80 bits per heavy atom. The highest BCUT2D eigenvalue weighted by Gasteiger charge is 2.23. The molecule has 0 spiro atoms. The molecule has 0 fully saturated rings. The highest BCUT2D eigenvalue weighted by Crippen LogP contribution is 2.36. The number of anilines is 1. The van der Waals surface area contributed by atoms with E-state index in [1.54, 1.807) is 37.4 Å². The molecule has 1 aromatic heterocycles. The fraction of sp³-hybridized carbons (Fsp3) is 0.154. The van der Waals surface area contributed by atoms with Crippen molar-refractivity contribution < 1.29 is 14.6 Å². The van der Waals surface area contributed by atoms with Crippen LogP contribution in [0.4, 0.5) is 5.69 Å². The van der Waals surface area contributed by atoms with Crippen molar-refractivity contribution in [2.24, 2.45) is 0 Å². The van der Waals surface area contributed by atoms with Crippen molar-refractivity contribution in [2.75, 3.05) is 12.4 Å². The van der Waals surface area contributed by atoms with Crippen LogP contribution in [0.15, 0.2) is 34.8 Å². The number of carbonyl (C=O) groups is 1. The van der Waals surface area contributed by atoms with Gasteiger partial charge in [-0.15, -0.1) is 11.3 Å². The van der Waals surface area contributed by atoms with Crippen molar-refractivity contribution in [1.29, 1.82) is 0 Å². The number of halogens is 2. The molecular formula is C13H11BrClNO3S. The van der Waals surface area contributed by atoms with E-state index in [1.165, 1.54) is 11.3 Å². The average Bonchev–Trinajstić information content (AvgIpc) is 2.75. The standard InChI is InChI=1S/C13H11BrClNO3S/c1-19-8-4-2-3-7(5-8)16-11(13(17)18)10-6-9(14)12(15)20-10/h2-6,11,16H,1H3,(H,17,18). The van der Waals surface area contributed by atoms with E-state index in [2.05, 4.69) is 21.2 Å². The van der Waals surface area contributed by atoms with E-state index < -0.39 is 12.0 Å². The van der Waals surface area contributed by atoms with Gasteiger partial charge in [-0.1, -0.05) is 17.7 Å². The van der Waals surface area contributed by atoms with Crippen LogP contribution in [0, 0.1) is 0 Å².